The number of nitrogens with zero attached hydrogens (tertiary/aromatic N) is 1. The molecule has 0 bridgehead atoms. The van der Waals surface area contributed by atoms with E-state index in [9.17, 15) is 4.79 Å². The van der Waals surface area contributed by atoms with Gasteiger partial charge in [-0.3, -0.25) is 4.79 Å². The van der Waals surface area contributed by atoms with Gasteiger partial charge in [0, 0.05) is 24.6 Å². The largest absolute Gasteiger partial charge is 0.348 e. The lowest BCUT2D eigenvalue weighted by molar-refractivity contribution is -0.690. The minimum absolute atomic E-state index is 0.0758. The van der Waals surface area contributed by atoms with Crippen LogP contribution in [0, 0.1) is 6.92 Å². The van der Waals surface area contributed by atoms with Gasteiger partial charge < -0.3 is 5.32 Å². The highest BCUT2D eigenvalue weighted by Crippen LogP contribution is 2.05. The maximum atomic E-state index is 12.3. The highest BCUT2D eigenvalue weighted by atomic mass is 16.2. The van der Waals surface area contributed by atoms with E-state index >= 15 is 0 Å². The van der Waals surface area contributed by atoms with Crippen molar-refractivity contribution in [2.45, 2.75) is 52.6 Å². The van der Waals surface area contributed by atoms with Crippen LogP contribution < -0.4 is 9.88 Å². The predicted molar refractivity (Wildman–Crippen MR) is 93.1 cm³/mol. The molecule has 0 unspecified atom stereocenters. The van der Waals surface area contributed by atoms with Crippen LogP contribution in [0.25, 0.3) is 0 Å². The number of rotatable bonds is 7. The van der Waals surface area contributed by atoms with Crippen LogP contribution in [-0.4, -0.2) is 11.9 Å². The molecule has 3 heteroatoms. The van der Waals surface area contributed by atoms with Gasteiger partial charge in [0.15, 0.2) is 11.9 Å². The van der Waals surface area contributed by atoms with Crippen LogP contribution in [-0.2, 0) is 24.2 Å². The monoisotopic (exact) mass is 311 g/mol. The molecule has 1 heterocycles. The van der Waals surface area contributed by atoms with Crippen LogP contribution in [0.15, 0.2) is 48.7 Å². The number of pyridine rings is 1. The van der Waals surface area contributed by atoms with E-state index in [0.717, 1.165) is 25.0 Å². The number of nitrogens with one attached hydrogen (secondary N) is 1. The second-order valence-corrected chi connectivity index (χ2v) is 6.15. The third-order valence-corrected chi connectivity index (χ3v) is 4.15. The zero-order valence-electron chi connectivity index (χ0n) is 14.4. The summed E-state index contributed by atoms with van der Waals surface area (Å²) in [4.78, 5) is 12.3. The zero-order chi connectivity index (χ0) is 16.7. The first-order chi connectivity index (χ1) is 11.1. The Hall–Kier alpha value is -2.16. The van der Waals surface area contributed by atoms with Crippen molar-refractivity contribution in [2.24, 2.45) is 0 Å². The van der Waals surface area contributed by atoms with Gasteiger partial charge in [-0.25, -0.2) is 0 Å². The first kappa shape index (κ1) is 17.2. The number of hydrogen-bond acceptors (Lipinski definition) is 1. The normalized spacial score (nSPS) is 12.0. The third kappa shape index (κ3) is 5.51. The number of benzene rings is 1. The molecule has 2 aromatic rings. The van der Waals surface area contributed by atoms with Crippen molar-refractivity contribution in [3.05, 3.63) is 65.5 Å². The number of hydrogen-bond donors (Lipinski definition) is 1. The van der Waals surface area contributed by atoms with Gasteiger partial charge in [-0.05, 0) is 37.8 Å². The second-order valence-electron chi connectivity index (χ2n) is 6.15. The number of aryl methyl sites for hydroxylation is 3. The summed E-state index contributed by atoms with van der Waals surface area (Å²) in [6.45, 7) is 6.61. The lowest BCUT2D eigenvalue weighted by Crippen LogP contribution is -2.47. The van der Waals surface area contributed by atoms with Crippen LogP contribution in [0.1, 0.15) is 37.1 Å². The summed E-state index contributed by atoms with van der Waals surface area (Å²) >= 11 is 0. The highest BCUT2D eigenvalue weighted by molar-refractivity contribution is 5.74. The van der Waals surface area contributed by atoms with Gasteiger partial charge in [-0.15, -0.1) is 0 Å². The Bertz CT molecular complexity index is 637. The summed E-state index contributed by atoms with van der Waals surface area (Å²) in [5.74, 6) is 0.0758. The molecular weight excluding hydrogens is 284 g/mol. The topological polar surface area (TPSA) is 33.0 Å². The quantitative estimate of drug-likeness (QED) is 0.784. The molecule has 122 valence electrons. The minimum Gasteiger partial charge on any atom is -0.348 e. The Balaban J connectivity index is 1.84. The fourth-order valence-electron chi connectivity index (χ4n) is 2.62. The molecule has 1 N–H and O–H groups in total. The van der Waals surface area contributed by atoms with Crippen LogP contribution in [0.5, 0.6) is 0 Å². The molecule has 3 nitrogen and oxygen atoms in total. The molecule has 0 saturated heterocycles. The molecule has 0 aliphatic rings. The van der Waals surface area contributed by atoms with Crippen molar-refractivity contribution >= 4 is 5.91 Å². The van der Waals surface area contributed by atoms with E-state index in [1.165, 1.54) is 11.1 Å². The van der Waals surface area contributed by atoms with E-state index in [-0.39, 0.29) is 11.9 Å². The number of aromatic nitrogens is 1. The molecule has 0 aliphatic carbocycles. The highest BCUT2D eigenvalue weighted by Gasteiger charge is 2.15. The van der Waals surface area contributed by atoms with Crippen LogP contribution in [0.3, 0.4) is 0 Å². The van der Waals surface area contributed by atoms with Crippen molar-refractivity contribution in [1.82, 2.24) is 5.32 Å². The van der Waals surface area contributed by atoms with Crippen LogP contribution >= 0.6 is 0 Å². The number of carbonyl (C=O) groups excluding carboxylic acids is 1. The Kier molecular flexibility index (Phi) is 6.33. The summed E-state index contributed by atoms with van der Waals surface area (Å²) in [5.41, 5.74) is 3.67. The molecule has 0 saturated carbocycles. The van der Waals surface area contributed by atoms with E-state index in [1.54, 1.807) is 0 Å². The third-order valence-electron chi connectivity index (χ3n) is 4.15. The van der Waals surface area contributed by atoms with Gasteiger partial charge in [-0.1, -0.05) is 37.3 Å². The lowest BCUT2D eigenvalue weighted by atomic mass is 10.1. The maximum absolute atomic E-state index is 12.3. The molecule has 1 aromatic heterocycles. The van der Waals surface area contributed by atoms with Gasteiger partial charge in [-0.2, -0.15) is 4.57 Å². The molecule has 0 radical (unpaired) electrons. The molecule has 1 aromatic carbocycles. The second kappa shape index (κ2) is 8.47. The zero-order valence-corrected chi connectivity index (χ0v) is 14.4. The van der Waals surface area contributed by atoms with Crippen molar-refractivity contribution in [3.8, 4) is 0 Å². The van der Waals surface area contributed by atoms with Crippen molar-refractivity contribution in [3.63, 3.8) is 0 Å². The molecule has 0 fully saturated rings. The summed E-state index contributed by atoms with van der Waals surface area (Å²) in [6, 6.07) is 14.8. The molecule has 23 heavy (non-hydrogen) atoms. The average molecular weight is 311 g/mol. The van der Waals surface area contributed by atoms with E-state index in [4.69, 9.17) is 0 Å². The summed E-state index contributed by atoms with van der Waals surface area (Å²) in [7, 11) is 0. The molecular formula is C20H27N2O+. The molecule has 0 aliphatic heterocycles. The van der Waals surface area contributed by atoms with Crippen molar-refractivity contribution in [1.29, 1.82) is 0 Å². The minimum atomic E-state index is 0.0758. The van der Waals surface area contributed by atoms with Crippen molar-refractivity contribution < 1.29 is 9.36 Å². The number of carbonyl (C=O) groups is 1. The fourth-order valence-corrected chi connectivity index (χ4v) is 2.62. The van der Waals surface area contributed by atoms with Crippen molar-refractivity contribution in [2.75, 3.05) is 0 Å². The van der Waals surface area contributed by atoms with Gasteiger partial charge in [0.1, 0.15) is 0 Å². The van der Waals surface area contributed by atoms with E-state index < -0.39 is 0 Å². The molecule has 1 atom stereocenters. The smallest absolute Gasteiger partial charge is 0.286 e. The summed E-state index contributed by atoms with van der Waals surface area (Å²) in [5, 5.41) is 3.10. The Morgan fingerprint density at radius 1 is 1.13 bits per heavy atom. The first-order valence-corrected chi connectivity index (χ1v) is 8.40. The first-order valence-electron chi connectivity index (χ1n) is 8.40. The SMILES string of the molecule is CCc1ccc(C)[n+](CC(=O)N[C@H](C)CCc2ccccc2)c1. The van der Waals surface area contributed by atoms with Crippen LogP contribution in [0.4, 0.5) is 0 Å². The summed E-state index contributed by atoms with van der Waals surface area (Å²) < 4.78 is 2.03. The lowest BCUT2D eigenvalue weighted by Gasteiger charge is -2.13. The Morgan fingerprint density at radius 3 is 2.57 bits per heavy atom. The van der Waals surface area contributed by atoms with Gasteiger partial charge >= 0.3 is 0 Å². The summed E-state index contributed by atoms with van der Waals surface area (Å²) in [6.07, 6.45) is 4.99. The number of amides is 1. The average Bonchev–Trinajstić information content (AvgIpc) is 2.56. The molecule has 1 amide bonds. The Labute approximate surface area is 139 Å². The van der Waals surface area contributed by atoms with Gasteiger partial charge in [0.25, 0.3) is 5.91 Å². The van der Waals surface area contributed by atoms with Gasteiger partial charge in [0.05, 0.1) is 0 Å². The van der Waals surface area contributed by atoms with E-state index in [1.807, 2.05) is 17.6 Å². The van der Waals surface area contributed by atoms with Crippen LogP contribution in [0.2, 0.25) is 0 Å². The van der Waals surface area contributed by atoms with E-state index in [0.29, 0.717) is 6.54 Å². The maximum Gasteiger partial charge on any atom is 0.286 e. The fraction of sp³-hybridized carbons (Fsp3) is 0.400. The standard InChI is InChI=1S/C20H26N2O/c1-4-18-13-11-17(3)22(14-18)15-20(23)21-16(2)10-12-19-8-6-5-7-9-19/h5-9,11,13-14,16H,4,10,12,15H2,1-3H3/p+1/t16-/m1/s1. The van der Waals surface area contributed by atoms with Gasteiger partial charge in [0.2, 0.25) is 6.54 Å². The Morgan fingerprint density at radius 2 is 1.87 bits per heavy atom. The molecule has 2 rings (SSSR count). The van der Waals surface area contributed by atoms with E-state index in [2.05, 4.69) is 61.8 Å². The molecule has 0 spiro atoms. The predicted octanol–water partition coefficient (Wildman–Crippen LogP) is 2.98.